The first-order valence-corrected chi connectivity index (χ1v) is 6.24. The second-order valence-electron chi connectivity index (χ2n) is 4.50. The van der Waals surface area contributed by atoms with Crippen molar-refractivity contribution >= 4 is 10.9 Å². The minimum atomic E-state index is 0.604. The molecule has 0 radical (unpaired) electrons. The Labute approximate surface area is 110 Å². The Morgan fingerprint density at radius 2 is 1.89 bits per heavy atom. The van der Waals surface area contributed by atoms with E-state index >= 15 is 0 Å². The first kappa shape index (κ1) is 10.4. The van der Waals surface area contributed by atoms with Crippen molar-refractivity contribution < 1.29 is 9.47 Å². The molecule has 1 aromatic heterocycles. The molecule has 0 bridgehead atoms. The van der Waals surface area contributed by atoms with Crippen LogP contribution in [0.5, 0.6) is 11.5 Å². The van der Waals surface area contributed by atoms with Crippen LogP contribution in [0.15, 0.2) is 42.6 Å². The van der Waals surface area contributed by atoms with Crippen LogP contribution in [0.4, 0.5) is 0 Å². The van der Waals surface area contributed by atoms with Gasteiger partial charge in [0.25, 0.3) is 0 Å². The van der Waals surface area contributed by atoms with E-state index in [1.54, 1.807) is 0 Å². The van der Waals surface area contributed by atoms with Crippen LogP contribution >= 0.6 is 0 Å². The molecule has 1 aliphatic heterocycles. The van der Waals surface area contributed by atoms with Gasteiger partial charge in [-0.3, -0.25) is 5.10 Å². The third kappa shape index (κ3) is 1.64. The van der Waals surface area contributed by atoms with Gasteiger partial charge >= 0.3 is 0 Å². The number of fused-ring (bicyclic) bond motifs is 2. The van der Waals surface area contributed by atoms with Crippen molar-refractivity contribution in [1.82, 2.24) is 10.2 Å². The lowest BCUT2D eigenvalue weighted by Gasteiger charge is -2.19. The molecule has 1 N–H and O–H groups in total. The zero-order valence-electron chi connectivity index (χ0n) is 10.2. The van der Waals surface area contributed by atoms with Gasteiger partial charge in [-0.15, -0.1) is 0 Å². The highest BCUT2D eigenvalue weighted by molar-refractivity contribution is 5.94. The first-order valence-electron chi connectivity index (χ1n) is 6.24. The van der Waals surface area contributed by atoms with Crippen molar-refractivity contribution in [3.05, 3.63) is 42.6 Å². The molecule has 3 aromatic rings. The zero-order valence-corrected chi connectivity index (χ0v) is 10.2. The van der Waals surface area contributed by atoms with Crippen molar-refractivity contribution in [3.63, 3.8) is 0 Å². The SMILES string of the molecule is c1cc(-c2ccc3c(c2)OCCO3)c2cn[nH]c2c1. The average molecular weight is 252 g/mol. The molecule has 0 aliphatic carbocycles. The molecule has 4 rings (SSSR count). The fourth-order valence-corrected chi connectivity index (χ4v) is 2.43. The highest BCUT2D eigenvalue weighted by atomic mass is 16.6. The number of rotatable bonds is 1. The summed E-state index contributed by atoms with van der Waals surface area (Å²) in [4.78, 5) is 0. The molecule has 0 atom stereocenters. The summed E-state index contributed by atoms with van der Waals surface area (Å²) in [6.07, 6.45) is 1.85. The van der Waals surface area contributed by atoms with Crippen LogP contribution in [0.1, 0.15) is 0 Å². The third-order valence-electron chi connectivity index (χ3n) is 3.34. The van der Waals surface area contributed by atoms with Gasteiger partial charge in [0.15, 0.2) is 11.5 Å². The van der Waals surface area contributed by atoms with Gasteiger partial charge in [-0.05, 0) is 29.3 Å². The molecule has 1 aliphatic rings. The summed E-state index contributed by atoms with van der Waals surface area (Å²) in [6.45, 7) is 1.22. The predicted molar refractivity (Wildman–Crippen MR) is 72.5 cm³/mol. The lowest BCUT2D eigenvalue weighted by molar-refractivity contribution is 0.171. The van der Waals surface area contributed by atoms with Crippen molar-refractivity contribution in [3.8, 4) is 22.6 Å². The largest absolute Gasteiger partial charge is 0.486 e. The van der Waals surface area contributed by atoms with E-state index in [1.807, 2.05) is 30.5 Å². The molecule has 0 saturated heterocycles. The van der Waals surface area contributed by atoms with Gasteiger partial charge in [0.2, 0.25) is 0 Å². The van der Waals surface area contributed by atoms with Crippen molar-refractivity contribution in [2.45, 2.75) is 0 Å². The maximum absolute atomic E-state index is 5.63. The summed E-state index contributed by atoms with van der Waals surface area (Å²) in [5.41, 5.74) is 3.28. The van der Waals surface area contributed by atoms with Crippen molar-refractivity contribution in [1.29, 1.82) is 0 Å². The molecule has 0 amide bonds. The lowest BCUT2D eigenvalue weighted by atomic mass is 10.0. The van der Waals surface area contributed by atoms with Crippen LogP contribution in [-0.2, 0) is 0 Å². The molecule has 0 unspecified atom stereocenters. The normalized spacial score (nSPS) is 13.7. The minimum Gasteiger partial charge on any atom is -0.486 e. The van der Waals surface area contributed by atoms with Gasteiger partial charge < -0.3 is 9.47 Å². The lowest BCUT2D eigenvalue weighted by Crippen LogP contribution is -2.15. The smallest absolute Gasteiger partial charge is 0.161 e. The number of H-pyrrole nitrogens is 1. The van der Waals surface area contributed by atoms with Gasteiger partial charge in [0, 0.05) is 5.39 Å². The molecule has 0 saturated carbocycles. The Morgan fingerprint density at radius 1 is 1.00 bits per heavy atom. The molecule has 0 spiro atoms. The molecule has 2 heterocycles. The summed E-state index contributed by atoms with van der Waals surface area (Å²) in [5.74, 6) is 1.62. The van der Waals surface area contributed by atoms with E-state index in [9.17, 15) is 0 Å². The highest BCUT2D eigenvalue weighted by Gasteiger charge is 2.13. The van der Waals surface area contributed by atoms with E-state index in [0.29, 0.717) is 13.2 Å². The van der Waals surface area contributed by atoms with E-state index in [-0.39, 0.29) is 0 Å². The Kier molecular flexibility index (Phi) is 2.21. The number of hydrogen-bond acceptors (Lipinski definition) is 3. The number of nitrogens with zero attached hydrogens (tertiary/aromatic N) is 1. The quantitative estimate of drug-likeness (QED) is 0.724. The Balaban J connectivity index is 1.90. The second-order valence-corrected chi connectivity index (χ2v) is 4.50. The van der Waals surface area contributed by atoms with E-state index < -0.39 is 0 Å². The van der Waals surface area contributed by atoms with Crippen LogP contribution < -0.4 is 9.47 Å². The Morgan fingerprint density at radius 3 is 2.84 bits per heavy atom. The van der Waals surface area contributed by atoms with Gasteiger partial charge in [-0.1, -0.05) is 18.2 Å². The van der Waals surface area contributed by atoms with Gasteiger partial charge in [0.1, 0.15) is 13.2 Å². The number of benzene rings is 2. The van der Waals surface area contributed by atoms with Gasteiger partial charge in [-0.25, -0.2) is 0 Å². The van der Waals surface area contributed by atoms with Crippen LogP contribution in [0.3, 0.4) is 0 Å². The maximum Gasteiger partial charge on any atom is 0.161 e. The number of ether oxygens (including phenoxy) is 2. The van der Waals surface area contributed by atoms with Crippen molar-refractivity contribution in [2.24, 2.45) is 0 Å². The zero-order chi connectivity index (χ0) is 12.7. The van der Waals surface area contributed by atoms with E-state index in [1.165, 1.54) is 0 Å². The van der Waals surface area contributed by atoms with E-state index in [2.05, 4.69) is 22.3 Å². The summed E-state index contributed by atoms with van der Waals surface area (Å²) >= 11 is 0. The number of aromatic amines is 1. The molecule has 94 valence electrons. The summed E-state index contributed by atoms with van der Waals surface area (Å²) in [6, 6.07) is 12.2. The minimum absolute atomic E-state index is 0.604. The third-order valence-corrected chi connectivity index (χ3v) is 3.34. The molecule has 0 fully saturated rings. The van der Waals surface area contributed by atoms with Crippen molar-refractivity contribution in [2.75, 3.05) is 13.2 Å². The van der Waals surface area contributed by atoms with Gasteiger partial charge in [0.05, 0.1) is 11.7 Å². The number of nitrogens with one attached hydrogen (secondary N) is 1. The van der Waals surface area contributed by atoms with Gasteiger partial charge in [-0.2, -0.15) is 5.10 Å². The first-order chi connectivity index (χ1) is 9.42. The summed E-state index contributed by atoms with van der Waals surface area (Å²) in [5, 5.41) is 8.19. The fraction of sp³-hybridized carbons (Fsp3) is 0.133. The molecule has 19 heavy (non-hydrogen) atoms. The van der Waals surface area contributed by atoms with E-state index in [4.69, 9.17) is 9.47 Å². The molecule has 4 heteroatoms. The average Bonchev–Trinajstić information content (AvgIpc) is 2.95. The number of aromatic nitrogens is 2. The number of hydrogen-bond donors (Lipinski definition) is 1. The molecule has 4 nitrogen and oxygen atoms in total. The monoisotopic (exact) mass is 252 g/mol. The Bertz CT molecular complexity index is 749. The van der Waals surface area contributed by atoms with Crippen LogP contribution in [0.2, 0.25) is 0 Å². The molecular weight excluding hydrogens is 240 g/mol. The molecular formula is C15H12N2O2. The second kappa shape index (κ2) is 4.02. The van der Waals surface area contributed by atoms with Crippen LogP contribution in [0, 0.1) is 0 Å². The topological polar surface area (TPSA) is 47.1 Å². The summed E-state index contributed by atoms with van der Waals surface area (Å²) in [7, 11) is 0. The van der Waals surface area contributed by atoms with Crippen LogP contribution in [-0.4, -0.2) is 23.4 Å². The predicted octanol–water partition coefficient (Wildman–Crippen LogP) is 3.00. The van der Waals surface area contributed by atoms with Crippen LogP contribution in [0.25, 0.3) is 22.0 Å². The highest BCUT2D eigenvalue weighted by Crippen LogP contribution is 2.36. The maximum atomic E-state index is 5.63. The Hall–Kier alpha value is -2.49. The molecule has 2 aromatic carbocycles. The fourth-order valence-electron chi connectivity index (χ4n) is 2.43. The van der Waals surface area contributed by atoms with E-state index in [0.717, 1.165) is 33.5 Å². The summed E-state index contributed by atoms with van der Waals surface area (Å²) < 4.78 is 11.2. The standard InChI is InChI=1S/C15H12N2O2/c1-2-11(12-9-16-17-13(12)3-1)10-4-5-14-15(8-10)19-7-6-18-14/h1-5,8-9H,6-7H2,(H,16,17).